The maximum absolute atomic E-state index is 14.0. The lowest BCUT2D eigenvalue weighted by atomic mass is 9.58. The average molecular weight is 821 g/mol. The van der Waals surface area contributed by atoms with Crippen LogP contribution in [-0.2, 0) is 53.2 Å². The lowest BCUT2D eigenvalue weighted by molar-refractivity contribution is -0.364. The van der Waals surface area contributed by atoms with Crippen molar-refractivity contribution in [1.82, 2.24) is 0 Å². The summed E-state index contributed by atoms with van der Waals surface area (Å²) in [7, 11) is -6.08. The van der Waals surface area contributed by atoms with E-state index in [1.807, 2.05) is 0 Å². The molecule has 6 aliphatic carbocycles. The molecular formula is C39H58F2O14S. The zero-order valence-corrected chi connectivity index (χ0v) is 33.2. The smallest absolute Gasteiger partial charge is 0.465 e. The summed E-state index contributed by atoms with van der Waals surface area (Å²) in [5.74, 6) is -3.05. The van der Waals surface area contributed by atoms with Crippen LogP contribution in [0.5, 0.6) is 0 Å². The minimum absolute atomic E-state index is 0.0216. The van der Waals surface area contributed by atoms with Gasteiger partial charge in [0.2, 0.25) is 0 Å². The van der Waals surface area contributed by atoms with Crippen LogP contribution >= 0.6 is 0 Å². The fraction of sp³-hybridized carbons (Fsp3) is 0.923. The van der Waals surface area contributed by atoms with Gasteiger partial charge in [-0.2, -0.15) is 22.1 Å². The fourth-order valence-corrected chi connectivity index (χ4v) is 12.5. The largest absolute Gasteiger partial charge is 0.469 e. The standard InChI is InChI=1S/C39H58F2O14S/c1-23-6-27-10-30(42)18-36(11-23,13-27)33(44)53-22-35(19-50-31(43)28-9-26-7-24(2)12-37(46,14-26)16-28)20-51-32(52-21-35)29-8-25-4-3-5-38(15-25,17-29)55-54-34(45)39(40,41)56(47,48)49/h23-30,32,42,46H,3-22H2,1-2H3,(H,47,48,49). The van der Waals surface area contributed by atoms with Gasteiger partial charge in [0.15, 0.2) is 6.29 Å². The first kappa shape index (κ1) is 42.1. The molecule has 1 aliphatic heterocycles. The molecule has 0 spiro atoms. The van der Waals surface area contributed by atoms with E-state index in [0.29, 0.717) is 88.9 Å². The summed E-state index contributed by atoms with van der Waals surface area (Å²) in [5, 5.41) is 16.7. The van der Waals surface area contributed by atoms with Crippen LogP contribution in [0.25, 0.3) is 0 Å². The molecule has 11 atom stereocenters. The molecule has 318 valence electrons. The molecule has 14 nitrogen and oxygen atoms in total. The highest BCUT2D eigenvalue weighted by molar-refractivity contribution is 7.87. The Morgan fingerprint density at radius 1 is 0.821 bits per heavy atom. The third-order valence-electron chi connectivity index (χ3n) is 14.1. The Kier molecular flexibility index (Phi) is 11.7. The second kappa shape index (κ2) is 15.5. The highest BCUT2D eigenvalue weighted by atomic mass is 32.2. The second-order valence-corrected chi connectivity index (χ2v) is 20.9. The van der Waals surface area contributed by atoms with Crippen molar-refractivity contribution in [1.29, 1.82) is 0 Å². The Bertz CT molecular complexity index is 1580. The molecular weight excluding hydrogens is 762 g/mol. The number of esters is 2. The number of rotatable bonds is 11. The predicted molar refractivity (Wildman–Crippen MR) is 189 cm³/mol. The zero-order chi connectivity index (χ0) is 40.3. The Morgan fingerprint density at radius 3 is 2.20 bits per heavy atom. The van der Waals surface area contributed by atoms with E-state index < -0.39 is 73.6 Å². The molecule has 17 heteroatoms. The topological polar surface area (TPSA) is 201 Å². The second-order valence-electron chi connectivity index (χ2n) is 19.4. The van der Waals surface area contributed by atoms with E-state index in [0.717, 1.165) is 19.3 Å². The first-order valence-electron chi connectivity index (χ1n) is 20.4. The zero-order valence-electron chi connectivity index (χ0n) is 32.3. The Hall–Kier alpha value is -2.02. The van der Waals surface area contributed by atoms with Crippen LogP contribution in [0.3, 0.4) is 0 Å². The molecule has 3 N–H and O–H groups in total. The Labute approximate surface area is 326 Å². The fourth-order valence-electron chi connectivity index (χ4n) is 12.2. The van der Waals surface area contributed by atoms with E-state index in [2.05, 4.69) is 18.7 Å². The van der Waals surface area contributed by atoms with Crippen LogP contribution in [0.2, 0.25) is 0 Å². The van der Waals surface area contributed by atoms with Gasteiger partial charge in [0.05, 0.1) is 41.7 Å². The highest BCUT2D eigenvalue weighted by Crippen LogP contribution is 2.53. The van der Waals surface area contributed by atoms with Crippen molar-refractivity contribution in [3.8, 4) is 0 Å². The lowest BCUT2D eigenvalue weighted by Gasteiger charge is -2.50. The molecule has 1 saturated heterocycles. The van der Waals surface area contributed by atoms with Crippen molar-refractivity contribution in [2.75, 3.05) is 26.4 Å². The van der Waals surface area contributed by atoms with Crippen LogP contribution in [0.1, 0.15) is 117 Å². The number of halogens is 2. The van der Waals surface area contributed by atoms with Gasteiger partial charge in [0.25, 0.3) is 0 Å². The molecule has 0 aromatic carbocycles. The van der Waals surface area contributed by atoms with Crippen LogP contribution in [0, 0.1) is 52.3 Å². The number of carbonyl (C=O) groups is 3. The molecule has 0 aromatic rings. The Balaban J connectivity index is 1.03. The average Bonchev–Trinajstić information content (AvgIpc) is 3.10. The van der Waals surface area contributed by atoms with Gasteiger partial charge in [0, 0.05) is 5.92 Å². The van der Waals surface area contributed by atoms with Gasteiger partial charge in [0.1, 0.15) is 18.8 Å². The molecule has 56 heavy (non-hydrogen) atoms. The first-order valence-corrected chi connectivity index (χ1v) is 21.9. The molecule has 6 saturated carbocycles. The van der Waals surface area contributed by atoms with Crippen molar-refractivity contribution < 1.29 is 75.1 Å². The number of alkyl halides is 2. The maximum Gasteiger partial charge on any atom is 0.469 e. The van der Waals surface area contributed by atoms with E-state index in [1.165, 1.54) is 0 Å². The van der Waals surface area contributed by atoms with Gasteiger partial charge in [-0.05, 0) is 119 Å². The van der Waals surface area contributed by atoms with Gasteiger partial charge in [-0.25, -0.2) is 4.79 Å². The van der Waals surface area contributed by atoms with Crippen LogP contribution in [0.15, 0.2) is 0 Å². The molecule has 1 heterocycles. The predicted octanol–water partition coefficient (Wildman–Crippen LogP) is 4.88. The normalized spacial score (nSPS) is 43.9. The van der Waals surface area contributed by atoms with Crippen molar-refractivity contribution in [3.05, 3.63) is 0 Å². The molecule has 0 aromatic heterocycles. The third kappa shape index (κ3) is 8.79. The molecule has 0 radical (unpaired) electrons. The number of ether oxygens (including phenoxy) is 4. The molecule has 11 unspecified atom stereocenters. The van der Waals surface area contributed by atoms with Crippen molar-refractivity contribution in [3.63, 3.8) is 0 Å². The summed E-state index contributed by atoms with van der Waals surface area (Å²) in [6.07, 6.45) is 7.88. The third-order valence-corrected chi connectivity index (χ3v) is 14.9. The summed E-state index contributed by atoms with van der Waals surface area (Å²) in [6, 6.07) is 0. The van der Waals surface area contributed by atoms with Crippen molar-refractivity contribution in [2.45, 2.75) is 145 Å². The van der Waals surface area contributed by atoms with Crippen LogP contribution in [-0.4, -0.2) is 96.4 Å². The van der Waals surface area contributed by atoms with Crippen molar-refractivity contribution >= 4 is 28.0 Å². The van der Waals surface area contributed by atoms with E-state index in [-0.39, 0.29) is 56.5 Å². The number of fused-ring (bicyclic) bond motifs is 6. The van der Waals surface area contributed by atoms with Crippen molar-refractivity contribution in [2.24, 2.45) is 52.3 Å². The minimum atomic E-state index is -6.08. The number of hydrogen-bond donors (Lipinski definition) is 3. The van der Waals surface area contributed by atoms with Gasteiger partial charge in [-0.3, -0.25) is 19.0 Å². The van der Waals surface area contributed by atoms with E-state index >= 15 is 0 Å². The highest BCUT2D eigenvalue weighted by Gasteiger charge is 2.58. The number of carbonyl (C=O) groups excluding carboxylic acids is 3. The van der Waals surface area contributed by atoms with Crippen LogP contribution in [0.4, 0.5) is 8.78 Å². The number of aliphatic hydroxyl groups is 2. The first-order chi connectivity index (χ1) is 26.2. The molecule has 0 amide bonds. The quantitative estimate of drug-likeness (QED) is 0.110. The van der Waals surface area contributed by atoms with Gasteiger partial charge < -0.3 is 29.2 Å². The molecule has 7 fully saturated rings. The van der Waals surface area contributed by atoms with E-state index in [4.69, 9.17) is 28.4 Å². The summed E-state index contributed by atoms with van der Waals surface area (Å²) in [6.45, 7) is 3.85. The van der Waals surface area contributed by atoms with E-state index in [9.17, 15) is 41.8 Å². The van der Waals surface area contributed by atoms with E-state index in [1.54, 1.807) is 0 Å². The van der Waals surface area contributed by atoms with Gasteiger partial charge >= 0.3 is 33.3 Å². The summed E-state index contributed by atoms with van der Waals surface area (Å²) < 4.78 is 83.6. The number of hydrogen-bond acceptors (Lipinski definition) is 13. The number of aliphatic hydroxyl groups excluding tert-OH is 1. The SMILES string of the molecule is CC1CC2CC(C(=O)OCC3(COC(=O)C45CC(C)CC(CC(O)C4)C5)COC(C4CC5CCCC(OOC(=O)C(F)(F)S(=O)(=O)O)(C5)C4)OC3)CC(O)(C1)C2. The monoisotopic (exact) mass is 820 g/mol. The van der Waals surface area contributed by atoms with Gasteiger partial charge in [-0.15, -0.1) is 0 Å². The maximum atomic E-state index is 14.0. The summed E-state index contributed by atoms with van der Waals surface area (Å²) in [5.41, 5.74) is -4.03. The summed E-state index contributed by atoms with van der Waals surface area (Å²) >= 11 is 0. The van der Waals surface area contributed by atoms with Crippen LogP contribution < -0.4 is 0 Å². The summed E-state index contributed by atoms with van der Waals surface area (Å²) in [4.78, 5) is 49.2. The molecule has 6 bridgehead atoms. The van der Waals surface area contributed by atoms with Gasteiger partial charge in [-0.1, -0.05) is 26.7 Å². The lowest BCUT2D eigenvalue weighted by Crippen LogP contribution is -2.54. The minimum Gasteiger partial charge on any atom is -0.465 e. The molecule has 7 aliphatic rings. The Morgan fingerprint density at radius 2 is 1.50 bits per heavy atom. The molecule has 7 rings (SSSR count).